The maximum atomic E-state index is 10.5. The van der Waals surface area contributed by atoms with Crippen molar-refractivity contribution in [1.82, 2.24) is 0 Å². The Kier molecular flexibility index (Phi) is 5.16. The van der Waals surface area contributed by atoms with Gasteiger partial charge in [-0.2, -0.15) is 0 Å². The zero-order chi connectivity index (χ0) is 18.5. The second-order valence-corrected chi connectivity index (χ2v) is 14.1. The number of hydrogen-bond donors (Lipinski definition) is 1. The summed E-state index contributed by atoms with van der Waals surface area (Å²) in [6.45, 7) is 14.8. The fourth-order valence-electron chi connectivity index (χ4n) is 4.15. The van der Waals surface area contributed by atoms with Gasteiger partial charge in [-0.15, -0.1) is 0 Å². The number of aliphatic hydroxyl groups is 1. The molecule has 5 heteroatoms. The Hall–Kier alpha value is -0.383. The molecule has 0 radical (unpaired) electrons. The van der Waals surface area contributed by atoms with E-state index in [0.717, 1.165) is 19.3 Å². The van der Waals surface area contributed by atoms with Crippen molar-refractivity contribution in [2.75, 3.05) is 13.2 Å². The number of hydrogen-bond acceptors (Lipinski definition) is 4. The van der Waals surface area contributed by atoms with Crippen LogP contribution < -0.4 is 0 Å². The third-order valence-electron chi connectivity index (χ3n) is 6.77. The molecule has 1 spiro atoms. The molecule has 1 heterocycles. The molecule has 5 atom stereocenters. The summed E-state index contributed by atoms with van der Waals surface area (Å²) in [5.41, 5.74) is 0. The van der Waals surface area contributed by atoms with Gasteiger partial charge in [0.15, 0.2) is 14.1 Å². The van der Waals surface area contributed by atoms with Crippen molar-refractivity contribution in [3.05, 3.63) is 0 Å². The molecule has 1 aliphatic heterocycles. The van der Waals surface area contributed by atoms with Crippen molar-refractivity contribution in [1.29, 1.82) is 0 Å². The second kappa shape index (κ2) is 6.65. The molecule has 5 unspecified atom stereocenters. The van der Waals surface area contributed by atoms with Crippen molar-refractivity contribution in [3.63, 3.8) is 0 Å². The molecule has 3 aliphatic rings. The zero-order valence-corrected chi connectivity index (χ0v) is 17.6. The molecule has 0 aromatic heterocycles. The highest BCUT2D eigenvalue weighted by molar-refractivity contribution is 6.74. The van der Waals surface area contributed by atoms with Crippen LogP contribution in [0.15, 0.2) is 0 Å². The van der Waals surface area contributed by atoms with Crippen molar-refractivity contribution in [2.45, 2.75) is 83.1 Å². The van der Waals surface area contributed by atoms with Crippen molar-refractivity contribution < 1.29 is 19.0 Å². The van der Waals surface area contributed by atoms with Gasteiger partial charge in [0.25, 0.3) is 0 Å². The van der Waals surface area contributed by atoms with Crippen LogP contribution in [0.1, 0.15) is 47.0 Å². The van der Waals surface area contributed by atoms with E-state index in [4.69, 9.17) is 13.9 Å². The second-order valence-electron chi connectivity index (χ2n) is 9.38. The topological polar surface area (TPSA) is 47.9 Å². The van der Waals surface area contributed by atoms with Crippen LogP contribution in [0.25, 0.3) is 0 Å². The molecule has 4 nitrogen and oxygen atoms in total. The minimum atomic E-state index is -1.83. The Morgan fingerprint density at radius 3 is 2.48 bits per heavy atom. The smallest absolute Gasteiger partial charge is 0.193 e. The Labute approximate surface area is 153 Å². The summed E-state index contributed by atoms with van der Waals surface area (Å²) in [6.07, 6.45) is 2.07. The molecule has 3 rings (SSSR count). The highest BCUT2D eigenvalue weighted by Crippen LogP contribution is 2.59. The average molecular weight is 367 g/mol. The molecule has 0 bridgehead atoms. The molecule has 0 amide bonds. The van der Waals surface area contributed by atoms with Gasteiger partial charge in [-0.3, -0.25) is 0 Å². The molecule has 2 saturated carbocycles. The lowest BCUT2D eigenvalue weighted by Crippen LogP contribution is -2.53. The van der Waals surface area contributed by atoms with Gasteiger partial charge in [-0.1, -0.05) is 39.5 Å². The molecule has 142 valence electrons. The lowest BCUT2D eigenvalue weighted by molar-refractivity contribution is -0.270. The number of rotatable bonds is 3. The standard InChI is InChI=1S/C20H34O4Si/c1-7-14(24-25(5,6)19(2,3)4)8-9-15-16-13-20(22-10-11-23-20)17(16)12-18(15)21/h14-18,21H,7,10-13H2,1-6H3. The predicted molar refractivity (Wildman–Crippen MR) is 100 cm³/mol. The van der Waals surface area contributed by atoms with Gasteiger partial charge in [0, 0.05) is 18.3 Å². The van der Waals surface area contributed by atoms with Crippen molar-refractivity contribution in [3.8, 4) is 11.8 Å². The number of ether oxygens (including phenoxy) is 2. The monoisotopic (exact) mass is 366 g/mol. The molecular weight excluding hydrogens is 332 g/mol. The highest BCUT2D eigenvalue weighted by atomic mass is 28.4. The Balaban J connectivity index is 1.66. The highest BCUT2D eigenvalue weighted by Gasteiger charge is 2.64. The van der Waals surface area contributed by atoms with Gasteiger partial charge in [0.05, 0.1) is 19.3 Å². The van der Waals surface area contributed by atoms with E-state index in [1.54, 1.807) is 0 Å². The minimum Gasteiger partial charge on any atom is -0.403 e. The average Bonchev–Trinajstić information content (AvgIpc) is 3.09. The first-order chi connectivity index (χ1) is 11.6. The molecule has 1 saturated heterocycles. The molecule has 3 fully saturated rings. The van der Waals surface area contributed by atoms with Gasteiger partial charge >= 0.3 is 0 Å². The van der Waals surface area contributed by atoms with Crippen molar-refractivity contribution >= 4 is 8.32 Å². The van der Waals surface area contributed by atoms with Crippen molar-refractivity contribution in [2.24, 2.45) is 17.8 Å². The van der Waals surface area contributed by atoms with Gasteiger partial charge in [-0.25, -0.2) is 0 Å². The van der Waals surface area contributed by atoms with Crippen LogP contribution in [0.3, 0.4) is 0 Å². The molecule has 25 heavy (non-hydrogen) atoms. The Morgan fingerprint density at radius 1 is 1.28 bits per heavy atom. The van der Waals surface area contributed by atoms with Crippen LogP contribution in [0.2, 0.25) is 18.1 Å². The third kappa shape index (κ3) is 3.44. The predicted octanol–water partition coefficient (Wildman–Crippen LogP) is 3.55. The summed E-state index contributed by atoms with van der Waals surface area (Å²) in [4.78, 5) is 0. The van der Waals surface area contributed by atoms with Crippen LogP contribution in [-0.4, -0.2) is 44.6 Å². The van der Waals surface area contributed by atoms with E-state index in [1.807, 2.05) is 0 Å². The van der Waals surface area contributed by atoms with Gasteiger partial charge in [0.2, 0.25) is 0 Å². The summed E-state index contributed by atoms with van der Waals surface area (Å²) >= 11 is 0. The molecular formula is C20H34O4Si. The van der Waals surface area contributed by atoms with E-state index in [9.17, 15) is 5.11 Å². The summed E-state index contributed by atoms with van der Waals surface area (Å²) in [5, 5.41) is 10.7. The van der Waals surface area contributed by atoms with E-state index in [2.05, 4.69) is 52.6 Å². The largest absolute Gasteiger partial charge is 0.403 e. The minimum absolute atomic E-state index is 0.0282. The van der Waals surface area contributed by atoms with E-state index in [1.165, 1.54) is 0 Å². The lowest BCUT2D eigenvalue weighted by Gasteiger charge is -2.48. The third-order valence-corrected chi connectivity index (χ3v) is 11.3. The normalized spacial score (nSPS) is 35.0. The summed E-state index contributed by atoms with van der Waals surface area (Å²) < 4.78 is 18.1. The maximum Gasteiger partial charge on any atom is 0.193 e. The van der Waals surface area contributed by atoms with Crippen LogP contribution in [0, 0.1) is 29.6 Å². The molecule has 0 aromatic carbocycles. The first kappa shape index (κ1) is 19.4. The van der Waals surface area contributed by atoms with E-state index in [-0.39, 0.29) is 23.2 Å². The number of fused-ring (bicyclic) bond motifs is 2. The quantitative estimate of drug-likeness (QED) is 0.613. The first-order valence-electron chi connectivity index (χ1n) is 9.74. The first-order valence-corrected chi connectivity index (χ1v) is 12.7. The maximum absolute atomic E-state index is 10.5. The van der Waals surface area contributed by atoms with Gasteiger partial charge in [-0.05, 0) is 36.9 Å². The van der Waals surface area contributed by atoms with Gasteiger partial charge in [0.1, 0.15) is 6.10 Å². The summed E-state index contributed by atoms with van der Waals surface area (Å²) in [6, 6.07) is 0. The van der Waals surface area contributed by atoms with Crippen LogP contribution in [0.4, 0.5) is 0 Å². The Bertz CT molecular complexity index is 550. The zero-order valence-electron chi connectivity index (χ0n) is 16.6. The molecule has 0 aromatic rings. The van der Waals surface area contributed by atoms with Crippen LogP contribution in [-0.2, 0) is 13.9 Å². The van der Waals surface area contributed by atoms with E-state index >= 15 is 0 Å². The van der Waals surface area contributed by atoms with Crippen LogP contribution in [0.5, 0.6) is 0 Å². The fraction of sp³-hybridized carbons (Fsp3) is 0.900. The SMILES string of the molecule is CCC(C#CC1C(O)CC2C1CC21OCCO1)O[Si](C)(C)C(C)(C)C. The molecule has 1 N–H and O–H groups in total. The molecule has 2 aliphatic carbocycles. The van der Waals surface area contributed by atoms with Gasteiger partial charge < -0.3 is 19.0 Å². The lowest BCUT2D eigenvalue weighted by atomic mass is 9.67. The fourth-order valence-corrected chi connectivity index (χ4v) is 5.44. The number of aliphatic hydroxyl groups excluding tert-OH is 1. The summed E-state index contributed by atoms with van der Waals surface area (Å²) in [5.74, 6) is 7.04. The van der Waals surface area contributed by atoms with Crippen LogP contribution >= 0.6 is 0 Å². The summed E-state index contributed by atoms with van der Waals surface area (Å²) in [7, 11) is -1.83. The van der Waals surface area contributed by atoms with E-state index in [0.29, 0.717) is 25.0 Å². The van der Waals surface area contributed by atoms with E-state index < -0.39 is 14.1 Å². The Morgan fingerprint density at radius 2 is 1.92 bits per heavy atom.